The Bertz CT molecular complexity index is 723. The molecule has 2 aromatic carbocycles. The fraction of sp³-hybridized carbons (Fsp3) is 0.381. The zero-order valence-electron chi connectivity index (χ0n) is 16.0. The SMILES string of the molecule is CCOc1ccc(NCC(=O)N2CCN(c3ccc(OC)cc3)CC2)cc1. The number of nitrogens with zero attached hydrogens (tertiary/aromatic N) is 2. The van der Waals surface area contributed by atoms with Crippen LogP contribution in [0.2, 0.25) is 0 Å². The van der Waals surface area contributed by atoms with Crippen LogP contribution in [0.25, 0.3) is 0 Å². The second-order valence-electron chi connectivity index (χ2n) is 6.38. The van der Waals surface area contributed by atoms with Crippen molar-refractivity contribution in [1.82, 2.24) is 4.90 Å². The second kappa shape index (κ2) is 9.16. The van der Waals surface area contributed by atoms with Crippen molar-refractivity contribution in [3.8, 4) is 11.5 Å². The molecule has 1 aliphatic rings. The molecule has 1 fully saturated rings. The molecule has 1 saturated heterocycles. The van der Waals surface area contributed by atoms with Gasteiger partial charge in [0.1, 0.15) is 11.5 Å². The highest BCUT2D eigenvalue weighted by molar-refractivity contribution is 5.81. The highest BCUT2D eigenvalue weighted by Crippen LogP contribution is 2.20. The molecule has 0 bridgehead atoms. The summed E-state index contributed by atoms with van der Waals surface area (Å²) in [7, 11) is 1.67. The minimum absolute atomic E-state index is 0.123. The van der Waals surface area contributed by atoms with Crippen LogP contribution in [0, 0.1) is 0 Å². The third-order valence-corrected chi connectivity index (χ3v) is 4.68. The lowest BCUT2D eigenvalue weighted by Gasteiger charge is -2.36. The monoisotopic (exact) mass is 369 g/mol. The number of piperazine rings is 1. The van der Waals surface area contributed by atoms with Gasteiger partial charge in [-0.1, -0.05) is 0 Å². The van der Waals surface area contributed by atoms with Gasteiger partial charge in [0.25, 0.3) is 0 Å². The number of methoxy groups -OCH3 is 1. The van der Waals surface area contributed by atoms with Crippen LogP contribution in [-0.2, 0) is 4.79 Å². The van der Waals surface area contributed by atoms with Gasteiger partial charge in [0.15, 0.2) is 0 Å². The largest absolute Gasteiger partial charge is 0.497 e. The van der Waals surface area contributed by atoms with E-state index in [0.717, 1.165) is 49.1 Å². The number of nitrogens with one attached hydrogen (secondary N) is 1. The predicted octanol–water partition coefficient (Wildman–Crippen LogP) is 2.85. The van der Waals surface area contributed by atoms with Gasteiger partial charge in [-0.05, 0) is 55.5 Å². The van der Waals surface area contributed by atoms with Gasteiger partial charge >= 0.3 is 0 Å². The number of amides is 1. The maximum atomic E-state index is 12.5. The molecule has 27 heavy (non-hydrogen) atoms. The van der Waals surface area contributed by atoms with Gasteiger partial charge < -0.3 is 24.6 Å². The van der Waals surface area contributed by atoms with Crippen LogP contribution in [0.15, 0.2) is 48.5 Å². The van der Waals surface area contributed by atoms with E-state index in [-0.39, 0.29) is 5.91 Å². The van der Waals surface area contributed by atoms with Crippen molar-refractivity contribution in [2.45, 2.75) is 6.92 Å². The number of hydrogen-bond donors (Lipinski definition) is 1. The number of anilines is 2. The van der Waals surface area contributed by atoms with Gasteiger partial charge in [-0.2, -0.15) is 0 Å². The molecular weight excluding hydrogens is 342 g/mol. The number of hydrogen-bond acceptors (Lipinski definition) is 5. The lowest BCUT2D eigenvalue weighted by atomic mass is 10.2. The summed E-state index contributed by atoms with van der Waals surface area (Å²) in [5, 5.41) is 3.19. The van der Waals surface area contributed by atoms with E-state index in [1.54, 1.807) is 7.11 Å². The van der Waals surface area contributed by atoms with Gasteiger partial charge in [0.05, 0.1) is 20.3 Å². The smallest absolute Gasteiger partial charge is 0.241 e. The van der Waals surface area contributed by atoms with E-state index in [1.807, 2.05) is 48.2 Å². The predicted molar refractivity (Wildman–Crippen MR) is 108 cm³/mol. The molecule has 6 heteroatoms. The molecule has 0 aliphatic carbocycles. The number of carbonyl (C=O) groups is 1. The van der Waals surface area contributed by atoms with Crippen LogP contribution in [-0.4, -0.2) is 57.2 Å². The zero-order chi connectivity index (χ0) is 19.1. The third kappa shape index (κ3) is 5.06. The summed E-state index contributed by atoms with van der Waals surface area (Å²) < 4.78 is 10.6. The van der Waals surface area contributed by atoms with Crippen molar-refractivity contribution >= 4 is 17.3 Å². The summed E-state index contributed by atoms with van der Waals surface area (Å²) in [6.45, 7) is 6.04. The topological polar surface area (TPSA) is 54.0 Å². The summed E-state index contributed by atoms with van der Waals surface area (Å²) in [6.07, 6.45) is 0. The Morgan fingerprint density at radius 3 is 2.19 bits per heavy atom. The summed E-state index contributed by atoms with van der Waals surface area (Å²) >= 11 is 0. The van der Waals surface area contributed by atoms with Crippen molar-refractivity contribution in [3.63, 3.8) is 0 Å². The normalized spacial score (nSPS) is 14.0. The molecule has 3 rings (SSSR count). The Labute approximate surface area is 160 Å². The lowest BCUT2D eigenvalue weighted by Crippen LogP contribution is -2.50. The molecule has 0 radical (unpaired) electrons. The molecule has 6 nitrogen and oxygen atoms in total. The van der Waals surface area contributed by atoms with Crippen LogP contribution in [0.4, 0.5) is 11.4 Å². The van der Waals surface area contributed by atoms with Gasteiger partial charge in [-0.25, -0.2) is 0 Å². The van der Waals surface area contributed by atoms with Crippen LogP contribution in [0.1, 0.15) is 6.92 Å². The fourth-order valence-electron chi connectivity index (χ4n) is 3.13. The molecule has 1 N–H and O–H groups in total. The Morgan fingerprint density at radius 2 is 1.59 bits per heavy atom. The van der Waals surface area contributed by atoms with E-state index in [4.69, 9.17) is 9.47 Å². The second-order valence-corrected chi connectivity index (χ2v) is 6.38. The van der Waals surface area contributed by atoms with Gasteiger partial charge in [-0.3, -0.25) is 4.79 Å². The maximum absolute atomic E-state index is 12.5. The van der Waals surface area contributed by atoms with Crippen LogP contribution in [0.3, 0.4) is 0 Å². The van der Waals surface area contributed by atoms with Crippen molar-refractivity contribution in [3.05, 3.63) is 48.5 Å². The number of carbonyl (C=O) groups excluding carboxylic acids is 1. The molecule has 1 heterocycles. The highest BCUT2D eigenvalue weighted by atomic mass is 16.5. The standard InChI is InChI=1S/C21H27N3O3/c1-3-27-20-8-4-17(5-9-20)22-16-21(25)24-14-12-23(13-15-24)18-6-10-19(26-2)11-7-18/h4-11,22H,3,12-16H2,1-2H3. The Morgan fingerprint density at radius 1 is 0.963 bits per heavy atom. The van der Waals surface area contributed by atoms with E-state index in [2.05, 4.69) is 22.3 Å². The average molecular weight is 369 g/mol. The minimum atomic E-state index is 0.123. The van der Waals surface area contributed by atoms with E-state index in [1.165, 1.54) is 0 Å². The quantitative estimate of drug-likeness (QED) is 0.813. The maximum Gasteiger partial charge on any atom is 0.241 e. The van der Waals surface area contributed by atoms with E-state index in [0.29, 0.717) is 13.2 Å². The summed E-state index contributed by atoms with van der Waals surface area (Å²) in [4.78, 5) is 16.7. The molecule has 0 atom stereocenters. The molecule has 0 saturated carbocycles. The molecule has 0 unspecified atom stereocenters. The van der Waals surface area contributed by atoms with Crippen LogP contribution >= 0.6 is 0 Å². The third-order valence-electron chi connectivity index (χ3n) is 4.68. The van der Waals surface area contributed by atoms with Crippen molar-refractivity contribution in [2.24, 2.45) is 0 Å². The number of rotatable bonds is 7. The zero-order valence-corrected chi connectivity index (χ0v) is 16.0. The van der Waals surface area contributed by atoms with Gasteiger partial charge in [0.2, 0.25) is 5.91 Å². The first-order valence-corrected chi connectivity index (χ1v) is 9.33. The minimum Gasteiger partial charge on any atom is -0.497 e. The Kier molecular flexibility index (Phi) is 6.41. The summed E-state index contributed by atoms with van der Waals surface area (Å²) in [5.41, 5.74) is 2.08. The first-order chi connectivity index (χ1) is 13.2. The van der Waals surface area contributed by atoms with Gasteiger partial charge in [0, 0.05) is 37.6 Å². The molecule has 1 amide bonds. The first kappa shape index (κ1) is 18.9. The van der Waals surface area contributed by atoms with E-state index >= 15 is 0 Å². The number of ether oxygens (including phenoxy) is 2. The van der Waals surface area contributed by atoms with Gasteiger partial charge in [-0.15, -0.1) is 0 Å². The lowest BCUT2D eigenvalue weighted by molar-refractivity contribution is -0.129. The Hall–Kier alpha value is -2.89. The van der Waals surface area contributed by atoms with Crippen molar-refractivity contribution in [1.29, 1.82) is 0 Å². The highest BCUT2D eigenvalue weighted by Gasteiger charge is 2.21. The molecule has 0 aromatic heterocycles. The Balaban J connectivity index is 1.45. The molecule has 1 aliphatic heterocycles. The molecule has 144 valence electrons. The van der Waals surface area contributed by atoms with Crippen molar-refractivity contribution < 1.29 is 14.3 Å². The molecular formula is C21H27N3O3. The average Bonchev–Trinajstić information content (AvgIpc) is 2.73. The van der Waals surface area contributed by atoms with Crippen LogP contribution in [0.5, 0.6) is 11.5 Å². The molecule has 0 spiro atoms. The fourth-order valence-corrected chi connectivity index (χ4v) is 3.13. The molecule has 2 aromatic rings. The summed E-state index contributed by atoms with van der Waals surface area (Å²) in [6, 6.07) is 15.7. The van der Waals surface area contributed by atoms with E-state index < -0.39 is 0 Å². The van der Waals surface area contributed by atoms with Crippen molar-refractivity contribution in [2.75, 3.05) is 56.7 Å². The first-order valence-electron chi connectivity index (χ1n) is 9.33. The summed E-state index contributed by atoms with van der Waals surface area (Å²) in [5.74, 6) is 1.82. The van der Waals surface area contributed by atoms with Crippen LogP contribution < -0.4 is 19.7 Å². The number of benzene rings is 2. The van der Waals surface area contributed by atoms with E-state index in [9.17, 15) is 4.79 Å².